The van der Waals surface area contributed by atoms with E-state index >= 15 is 0 Å². The Balaban J connectivity index is 2.93. The van der Waals surface area contributed by atoms with Crippen LogP contribution in [0.5, 0.6) is 0 Å². The molecule has 7 heteroatoms. The maximum absolute atomic E-state index is 13.2. The molecule has 0 saturated heterocycles. The predicted octanol–water partition coefficient (Wildman–Crippen LogP) is 1.79. The van der Waals surface area contributed by atoms with Crippen molar-refractivity contribution in [1.29, 1.82) is 0 Å². The van der Waals surface area contributed by atoms with E-state index in [1.165, 1.54) is 0 Å². The van der Waals surface area contributed by atoms with Gasteiger partial charge < -0.3 is 10.4 Å². The molecule has 88 valence electrons. The van der Waals surface area contributed by atoms with Crippen LogP contribution in [0, 0.1) is 11.7 Å². The van der Waals surface area contributed by atoms with Gasteiger partial charge in [0.2, 0.25) is 5.28 Å². The highest BCUT2D eigenvalue weighted by atomic mass is 35.5. The van der Waals surface area contributed by atoms with Gasteiger partial charge in [-0.05, 0) is 17.5 Å². The third-order valence-electron chi connectivity index (χ3n) is 1.94. The first-order valence-corrected chi connectivity index (χ1v) is 4.97. The Morgan fingerprint density at radius 1 is 1.62 bits per heavy atom. The van der Waals surface area contributed by atoms with Crippen LogP contribution in [0.4, 0.5) is 10.2 Å². The van der Waals surface area contributed by atoms with Crippen molar-refractivity contribution in [2.75, 3.05) is 5.32 Å². The molecule has 0 aliphatic heterocycles. The van der Waals surface area contributed by atoms with Crippen LogP contribution in [0.1, 0.15) is 13.8 Å². The number of anilines is 1. The summed E-state index contributed by atoms with van der Waals surface area (Å²) in [5.74, 6) is -2.24. The zero-order chi connectivity index (χ0) is 12.3. The fourth-order valence-electron chi connectivity index (χ4n) is 1.11. The Bertz CT molecular complexity index is 400. The summed E-state index contributed by atoms with van der Waals surface area (Å²) < 4.78 is 13.2. The van der Waals surface area contributed by atoms with Gasteiger partial charge in [0.05, 0.1) is 6.20 Å². The molecule has 1 atom stereocenters. The number of nitrogens with one attached hydrogen (secondary N) is 1. The summed E-state index contributed by atoms with van der Waals surface area (Å²) in [6.07, 6.45) is 0.886. The molecular formula is C9H11ClFN3O2. The highest BCUT2D eigenvalue weighted by Crippen LogP contribution is 2.15. The Labute approximate surface area is 96.7 Å². The van der Waals surface area contributed by atoms with Crippen molar-refractivity contribution in [2.24, 2.45) is 5.92 Å². The number of aliphatic carboxylic acids is 1. The molecule has 1 heterocycles. The van der Waals surface area contributed by atoms with Crippen LogP contribution in [-0.4, -0.2) is 27.1 Å². The summed E-state index contributed by atoms with van der Waals surface area (Å²) in [6, 6.07) is -0.930. The molecule has 1 aromatic rings. The Kier molecular flexibility index (Phi) is 4.00. The number of nitrogens with zero attached hydrogens (tertiary/aromatic N) is 2. The van der Waals surface area contributed by atoms with Crippen molar-refractivity contribution in [3.63, 3.8) is 0 Å². The lowest BCUT2D eigenvalue weighted by molar-refractivity contribution is -0.138. The fraction of sp³-hybridized carbons (Fsp3) is 0.444. The molecule has 0 aromatic carbocycles. The van der Waals surface area contributed by atoms with Crippen LogP contribution < -0.4 is 5.32 Å². The maximum Gasteiger partial charge on any atom is 0.326 e. The van der Waals surface area contributed by atoms with E-state index in [9.17, 15) is 9.18 Å². The molecule has 0 aliphatic carbocycles. The highest BCUT2D eigenvalue weighted by molar-refractivity contribution is 6.28. The van der Waals surface area contributed by atoms with E-state index in [-0.39, 0.29) is 17.0 Å². The molecule has 0 aliphatic rings. The molecule has 0 spiro atoms. The SMILES string of the molecule is CC(C)C(Nc1nc(Cl)ncc1F)C(=O)O. The molecule has 0 radical (unpaired) electrons. The Morgan fingerprint density at radius 3 is 2.75 bits per heavy atom. The van der Waals surface area contributed by atoms with Gasteiger partial charge in [-0.2, -0.15) is 4.98 Å². The normalized spacial score (nSPS) is 12.6. The van der Waals surface area contributed by atoms with Crippen LogP contribution in [0.15, 0.2) is 6.20 Å². The first-order valence-electron chi connectivity index (χ1n) is 4.59. The first-order chi connectivity index (χ1) is 7.41. The predicted molar refractivity (Wildman–Crippen MR) is 56.9 cm³/mol. The highest BCUT2D eigenvalue weighted by Gasteiger charge is 2.23. The van der Waals surface area contributed by atoms with Crippen molar-refractivity contribution >= 4 is 23.4 Å². The molecule has 1 unspecified atom stereocenters. The minimum Gasteiger partial charge on any atom is -0.480 e. The molecule has 1 rings (SSSR count). The van der Waals surface area contributed by atoms with Crippen molar-refractivity contribution in [1.82, 2.24) is 9.97 Å². The fourth-order valence-corrected chi connectivity index (χ4v) is 1.24. The second kappa shape index (κ2) is 5.07. The van der Waals surface area contributed by atoms with Gasteiger partial charge in [0.15, 0.2) is 11.6 Å². The van der Waals surface area contributed by atoms with Crippen molar-refractivity contribution in [3.05, 3.63) is 17.3 Å². The van der Waals surface area contributed by atoms with E-state index in [1.807, 2.05) is 0 Å². The summed E-state index contributed by atoms with van der Waals surface area (Å²) in [4.78, 5) is 17.9. The summed E-state index contributed by atoms with van der Waals surface area (Å²) in [5.41, 5.74) is 0. The molecule has 1 aromatic heterocycles. The van der Waals surface area contributed by atoms with Crippen LogP contribution in [-0.2, 0) is 4.79 Å². The van der Waals surface area contributed by atoms with Crippen molar-refractivity contribution < 1.29 is 14.3 Å². The average Bonchev–Trinajstić information content (AvgIpc) is 2.18. The van der Waals surface area contributed by atoms with Gasteiger partial charge in [-0.25, -0.2) is 14.2 Å². The summed E-state index contributed by atoms with van der Waals surface area (Å²) in [5, 5.41) is 11.2. The standard InChI is InChI=1S/C9H11ClFN3O2/c1-4(2)6(8(15)16)13-7-5(11)3-12-9(10)14-7/h3-4,6H,1-2H3,(H,15,16)(H,12,13,14). The van der Waals surface area contributed by atoms with E-state index in [1.54, 1.807) is 13.8 Å². The maximum atomic E-state index is 13.2. The summed E-state index contributed by atoms with van der Waals surface area (Å²) >= 11 is 5.48. The molecule has 0 saturated carbocycles. The lowest BCUT2D eigenvalue weighted by atomic mass is 10.1. The monoisotopic (exact) mass is 247 g/mol. The van der Waals surface area contributed by atoms with E-state index in [4.69, 9.17) is 16.7 Å². The van der Waals surface area contributed by atoms with Crippen LogP contribution in [0.2, 0.25) is 5.28 Å². The van der Waals surface area contributed by atoms with Gasteiger partial charge in [0.1, 0.15) is 6.04 Å². The van der Waals surface area contributed by atoms with Crippen LogP contribution in [0.25, 0.3) is 0 Å². The first kappa shape index (κ1) is 12.6. The number of aromatic nitrogens is 2. The average molecular weight is 248 g/mol. The molecule has 0 fully saturated rings. The number of hydrogen-bond acceptors (Lipinski definition) is 4. The third-order valence-corrected chi connectivity index (χ3v) is 2.12. The van der Waals surface area contributed by atoms with Crippen LogP contribution >= 0.6 is 11.6 Å². The second-order valence-electron chi connectivity index (χ2n) is 3.54. The van der Waals surface area contributed by atoms with E-state index in [0.29, 0.717) is 0 Å². The number of hydrogen-bond donors (Lipinski definition) is 2. The summed E-state index contributed by atoms with van der Waals surface area (Å²) in [7, 11) is 0. The van der Waals surface area contributed by atoms with Gasteiger partial charge >= 0.3 is 5.97 Å². The zero-order valence-corrected chi connectivity index (χ0v) is 9.49. The minimum atomic E-state index is -1.08. The molecule has 5 nitrogen and oxygen atoms in total. The number of carboxylic acid groups (broad SMARTS) is 1. The van der Waals surface area contributed by atoms with Gasteiger partial charge in [0.25, 0.3) is 0 Å². The smallest absolute Gasteiger partial charge is 0.326 e. The second-order valence-corrected chi connectivity index (χ2v) is 3.88. The van der Waals surface area contributed by atoms with Gasteiger partial charge in [-0.1, -0.05) is 13.8 Å². The van der Waals surface area contributed by atoms with E-state index in [0.717, 1.165) is 6.20 Å². The van der Waals surface area contributed by atoms with E-state index in [2.05, 4.69) is 15.3 Å². The van der Waals surface area contributed by atoms with Gasteiger partial charge in [0, 0.05) is 0 Å². The van der Waals surface area contributed by atoms with Gasteiger partial charge in [-0.3, -0.25) is 0 Å². The van der Waals surface area contributed by atoms with E-state index < -0.39 is 17.8 Å². The number of halogens is 2. The Hall–Kier alpha value is -1.43. The van der Waals surface area contributed by atoms with Crippen LogP contribution in [0.3, 0.4) is 0 Å². The minimum absolute atomic E-state index is 0.142. The summed E-state index contributed by atoms with van der Waals surface area (Å²) in [6.45, 7) is 3.40. The molecule has 16 heavy (non-hydrogen) atoms. The third kappa shape index (κ3) is 3.03. The number of carboxylic acids is 1. The molecule has 0 amide bonds. The van der Waals surface area contributed by atoms with Gasteiger partial charge in [-0.15, -0.1) is 0 Å². The molecular weight excluding hydrogens is 237 g/mol. The zero-order valence-electron chi connectivity index (χ0n) is 8.74. The number of carbonyl (C=O) groups is 1. The Morgan fingerprint density at radius 2 is 2.25 bits per heavy atom. The quantitative estimate of drug-likeness (QED) is 0.794. The molecule has 0 bridgehead atoms. The largest absolute Gasteiger partial charge is 0.480 e. The molecule has 2 N–H and O–H groups in total. The topological polar surface area (TPSA) is 75.1 Å². The lowest BCUT2D eigenvalue weighted by Crippen LogP contribution is -2.35. The van der Waals surface area contributed by atoms with Crippen molar-refractivity contribution in [2.45, 2.75) is 19.9 Å². The number of rotatable bonds is 4. The van der Waals surface area contributed by atoms with Crippen molar-refractivity contribution in [3.8, 4) is 0 Å². The lowest BCUT2D eigenvalue weighted by Gasteiger charge is -2.18.